The van der Waals surface area contributed by atoms with Gasteiger partial charge in [0.2, 0.25) is 0 Å². The first-order chi connectivity index (χ1) is 9.15. The summed E-state index contributed by atoms with van der Waals surface area (Å²) in [6.45, 7) is 0. The number of para-hydroxylation sites is 2. The molecule has 3 nitrogen and oxygen atoms in total. The van der Waals surface area contributed by atoms with Crippen LogP contribution in [0.15, 0.2) is 42.5 Å². The minimum absolute atomic E-state index is 0.325. The van der Waals surface area contributed by atoms with Crippen molar-refractivity contribution < 1.29 is 9.50 Å². The van der Waals surface area contributed by atoms with Gasteiger partial charge in [-0.3, -0.25) is 0 Å². The minimum atomic E-state index is -0.601. The van der Waals surface area contributed by atoms with Crippen molar-refractivity contribution in [3.63, 3.8) is 0 Å². The van der Waals surface area contributed by atoms with Crippen LogP contribution in [0.5, 0.6) is 5.75 Å². The molecule has 0 saturated carbocycles. The summed E-state index contributed by atoms with van der Waals surface area (Å²) in [7, 11) is 1.95. The summed E-state index contributed by atoms with van der Waals surface area (Å²) in [4.78, 5) is 4.54. The SMILES string of the molecule is Cn1c(Cc2ccc(O)c(F)c2)nc2ccccc21. The Balaban J connectivity index is 2.01. The molecular weight excluding hydrogens is 243 g/mol. The van der Waals surface area contributed by atoms with Crippen molar-refractivity contribution in [3.8, 4) is 5.75 Å². The van der Waals surface area contributed by atoms with Gasteiger partial charge in [0.15, 0.2) is 11.6 Å². The third-order valence-electron chi connectivity index (χ3n) is 3.25. The average Bonchev–Trinajstić information content (AvgIpc) is 2.72. The van der Waals surface area contributed by atoms with Crippen molar-refractivity contribution in [3.05, 3.63) is 59.7 Å². The van der Waals surface area contributed by atoms with Gasteiger partial charge in [0.05, 0.1) is 11.0 Å². The molecule has 0 unspecified atom stereocenters. The first-order valence-electron chi connectivity index (χ1n) is 6.03. The van der Waals surface area contributed by atoms with Crippen LogP contribution in [0.2, 0.25) is 0 Å². The van der Waals surface area contributed by atoms with Crippen LogP contribution < -0.4 is 0 Å². The number of fused-ring (bicyclic) bond motifs is 1. The van der Waals surface area contributed by atoms with E-state index in [-0.39, 0.29) is 5.75 Å². The second-order valence-corrected chi connectivity index (χ2v) is 4.54. The first kappa shape index (κ1) is 11.7. The van der Waals surface area contributed by atoms with Crippen molar-refractivity contribution in [2.24, 2.45) is 7.05 Å². The maximum Gasteiger partial charge on any atom is 0.165 e. The molecule has 0 aliphatic rings. The molecule has 3 aromatic rings. The maximum atomic E-state index is 13.3. The highest BCUT2D eigenvalue weighted by Crippen LogP contribution is 2.20. The lowest BCUT2D eigenvalue weighted by molar-refractivity contribution is 0.432. The van der Waals surface area contributed by atoms with E-state index in [4.69, 9.17) is 0 Å². The number of imidazole rings is 1. The molecule has 1 aromatic heterocycles. The molecule has 0 atom stereocenters. The molecular formula is C15H13FN2O. The zero-order chi connectivity index (χ0) is 13.4. The van der Waals surface area contributed by atoms with Crippen LogP contribution in [0, 0.1) is 5.82 Å². The van der Waals surface area contributed by atoms with E-state index < -0.39 is 5.82 Å². The highest BCUT2D eigenvalue weighted by atomic mass is 19.1. The third-order valence-corrected chi connectivity index (χ3v) is 3.25. The van der Waals surface area contributed by atoms with E-state index >= 15 is 0 Å². The molecule has 2 aromatic carbocycles. The van der Waals surface area contributed by atoms with E-state index in [1.54, 1.807) is 6.07 Å². The van der Waals surface area contributed by atoms with E-state index in [0.29, 0.717) is 6.42 Å². The van der Waals surface area contributed by atoms with Crippen molar-refractivity contribution in [1.82, 2.24) is 9.55 Å². The van der Waals surface area contributed by atoms with Gasteiger partial charge in [-0.15, -0.1) is 0 Å². The Morgan fingerprint density at radius 1 is 1.21 bits per heavy atom. The molecule has 0 amide bonds. The number of aromatic nitrogens is 2. The number of rotatable bonds is 2. The molecule has 0 radical (unpaired) electrons. The van der Waals surface area contributed by atoms with Gasteiger partial charge in [-0.2, -0.15) is 0 Å². The van der Waals surface area contributed by atoms with Crippen molar-refractivity contribution in [2.75, 3.05) is 0 Å². The molecule has 0 aliphatic carbocycles. The van der Waals surface area contributed by atoms with Gasteiger partial charge in [-0.05, 0) is 29.8 Å². The fourth-order valence-electron chi connectivity index (χ4n) is 2.20. The normalized spacial score (nSPS) is 11.1. The number of phenolic OH excluding ortho intramolecular Hbond substituents is 1. The third kappa shape index (κ3) is 2.05. The number of nitrogens with zero attached hydrogens (tertiary/aromatic N) is 2. The predicted octanol–water partition coefficient (Wildman–Crippen LogP) is 3.01. The smallest absolute Gasteiger partial charge is 0.165 e. The Morgan fingerprint density at radius 3 is 2.74 bits per heavy atom. The van der Waals surface area contributed by atoms with E-state index in [1.807, 2.05) is 35.9 Å². The Hall–Kier alpha value is -2.36. The first-order valence-corrected chi connectivity index (χ1v) is 6.03. The predicted molar refractivity (Wildman–Crippen MR) is 71.6 cm³/mol. The van der Waals surface area contributed by atoms with Gasteiger partial charge in [-0.1, -0.05) is 18.2 Å². The zero-order valence-corrected chi connectivity index (χ0v) is 10.5. The summed E-state index contributed by atoms with van der Waals surface area (Å²) in [6, 6.07) is 12.3. The monoisotopic (exact) mass is 256 g/mol. The quantitative estimate of drug-likeness (QED) is 0.765. The second-order valence-electron chi connectivity index (χ2n) is 4.54. The second kappa shape index (κ2) is 4.39. The minimum Gasteiger partial charge on any atom is -0.505 e. The molecule has 1 heterocycles. The highest BCUT2D eigenvalue weighted by Gasteiger charge is 2.09. The average molecular weight is 256 g/mol. The van der Waals surface area contributed by atoms with Crippen LogP contribution in [-0.4, -0.2) is 14.7 Å². The highest BCUT2D eigenvalue weighted by molar-refractivity contribution is 5.75. The van der Waals surface area contributed by atoms with E-state index in [0.717, 1.165) is 22.4 Å². The summed E-state index contributed by atoms with van der Waals surface area (Å²) in [5, 5.41) is 9.18. The molecule has 3 rings (SSSR count). The largest absolute Gasteiger partial charge is 0.505 e. The number of halogens is 1. The molecule has 19 heavy (non-hydrogen) atoms. The summed E-state index contributed by atoms with van der Waals surface area (Å²) < 4.78 is 15.3. The number of aryl methyl sites for hydroxylation is 1. The number of hydrogen-bond acceptors (Lipinski definition) is 2. The number of aromatic hydroxyl groups is 1. The molecule has 0 saturated heterocycles. The van der Waals surface area contributed by atoms with Crippen LogP contribution in [0.25, 0.3) is 11.0 Å². The molecule has 96 valence electrons. The molecule has 4 heteroatoms. The van der Waals surface area contributed by atoms with Gasteiger partial charge < -0.3 is 9.67 Å². The van der Waals surface area contributed by atoms with Gasteiger partial charge >= 0.3 is 0 Å². The Morgan fingerprint density at radius 2 is 2.00 bits per heavy atom. The topological polar surface area (TPSA) is 38.0 Å². The lowest BCUT2D eigenvalue weighted by Crippen LogP contribution is -1.99. The number of phenols is 1. The van der Waals surface area contributed by atoms with Crippen LogP contribution in [0.4, 0.5) is 4.39 Å². The van der Waals surface area contributed by atoms with E-state index in [9.17, 15) is 9.50 Å². The molecule has 0 bridgehead atoms. The summed E-state index contributed by atoms with van der Waals surface area (Å²) in [6.07, 6.45) is 0.530. The van der Waals surface area contributed by atoms with Gasteiger partial charge in [0.25, 0.3) is 0 Å². The summed E-state index contributed by atoms with van der Waals surface area (Å²) >= 11 is 0. The lowest BCUT2D eigenvalue weighted by Gasteiger charge is -2.03. The molecule has 0 spiro atoms. The van der Waals surface area contributed by atoms with Crippen molar-refractivity contribution in [1.29, 1.82) is 0 Å². The fraction of sp³-hybridized carbons (Fsp3) is 0.133. The maximum absolute atomic E-state index is 13.3. The molecule has 1 N–H and O–H groups in total. The van der Waals surface area contributed by atoms with Gasteiger partial charge in [-0.25, -0.2) is 9.37 Å². The fourth-order valence-corrected chi connectivity index (χ4v) is 2.20. The van der Waals surface area contributed by atoms with Crippen LogP contribution in [-0.2, 0) is 13.5 Å². The Bertz CT molecular complexity index is 749. The van der Waals surface area contributed by atoms with E-state index in [2.05, 4.69) is 4.98 Å². The van der Waals surface area contributed by atoms with Crippen molar-refractivity contribution in [2.45, 2.75) is 6.42 Å². The van der Waals surface area contributed by atoms with Crippen LogP contribution in [0.1, 0.15) is 11.4 Å². The lowest BCUT2D eigenvalue weighted by atomic mass is 10.1. The van der Waals surface area contributed by atoms with Crippen LogP contribution in [0.3, 0.4) is 0 Å². The molecule has 0 fully saturated rings. The van der Waals surface area contributed by atoms with Gasteiger partial charge in [0.1, 0.15) is 5.82 Å². The Labute approximate surface area is 109 Å². The summed E-state index contributed by atoms with van der Waals surface area (Å²) in [5.41, 5.74) is 2.77. The number of benzene rings is 2. The standard InChI is InChI=1S/C15H13FN2O/c1-18-13-5-3-2-4-12(13)17-15(18)9-10-6-7-14(19)11(16)8-10/h2-8,19H,9H2,1H3. The van der Waals surface area contributed by atoms with Crippen LogP contribution >= 0.6 is 0 Å². The molecule has 0 aliphatic heterocycles. The number of hydrogen-bond donors (Lipinski definition) is 1. The van der Waals surface area contributed by atoms with Gasteiger partial charge in [0, 0.05) is 13.5 Å². The van der Waals surface area contributed by atoms with E-state index in [1.165, 1.54) is 12.1 Å². The van der Waals surface area contributed by atoms with Crippen molar-refractivity contribution >= 4 is 11.0 Å². The summed E-state index contributed by atoms with van der Waals surface area (Å²) in [5.74, 6) is -0.0590. The zero-order valence-electron chi connectivity index (χ0n) is 10.5. The Kier molecular flexibility index (Phi) is 2.71.